The van der Waals surface area contributed by atoms with Crippen molar-refractivity contribution in [3.05, 3.63) is 18.2 Å². The summed E-state index contributed by atoms with van der Waals surface area (Å²) in [5.74, 6) is -0.108. The molecule has 2 aliphatic heterocycles. The van der Waals surface area contributed by atoms with E-state index in [0.717, 1.165) is 13.1 Å². The molecule has 2 atom stereocenters. The smallest absolute Gasteiger partial charge is 0.271 e. The summed E-state index contributed by atoms with van der Waals surface area (Å²) >= 11 is 0. The van der Waals surface area contributed by atoms with E-state index in [1.807, 2.05) is 7.05 Å². The predicted octanol–water partition coefficient (Wildman–Crippen LogP) is 0.403. The average Bonchev–Trinajstić information content (AvgIpc) is 3.09. The molecule has 0 bridgehead atoms. The number of piperidine rings is 1. The van der Waals surface area contributed by atoms with Crippen molar-refractivity contribution in [3.8, 4) is 0 Å². The molecule has 2 aliphatic rings. The first-order chi connectivity index (χ1) is 9.74. The molecule has 2 saturated heterocycles. The Morgan fingerprint density at radius 2 is 2.15 bits per heavy atom. The van der Waals surface area contributed by atoms with Gasteiger partial charge in [-0.15, -0.1) is 0 Å². The van der Waals surface area contributed by atoms with Gasteiger partial charge in [-0.05, 0) is 25.9 Å². The highest BCUT2D eigenvalue weighted by Crippen LogP contribution is 2.19. The van der Waals surface area contributed by atoms with E-state index < -0.39 is 0 Å². The number of amides is 1. The molecule has 0 radical (unpaired) electrons. The van der Waals surface area contributed by atoms with Crippen LogP contribution in [0.15, 0.2) is 12.5 Å². The van der Waals surface area contributed by atoms with Crippen LogP contribution in [-0.4, -0.2) is 58.7 Å². The maximum atomic E-state index is 12.2. The van der Waals surface area contributed by atoms with Gasteiger partial charge in [-0.25, -0.2) is 4.98 Å². The molecule has 3 rings (SSSR count). The Morgan fingerprint density at radius 1 is 1.35 bits per heavy atom. The molecule has 1 aromatic heterocycles. The van der Waals surface area contributed by atoms with Gasteiger partial charge in [-0.3, -0.25) is 9.69 Å². The third-order valence-corrected chi connectivity index (χ3v) is 4.16. The van der Waals surface area contributed by atoms with Crippen LogP contribution < -0.4 is 5.32 Å². The van der Waals surface area contributed by atoms with Gasteiger partial charge in [0.2, 0.25) is 0 Å². The molecule has 2 fully saturated rings. The van der Waals surface area contributed by atoms with Crippen molar-refractivity contribution in [3.63, 3.8) is 0 Å². The largest absolute Gasteiger partial charge is 0.378 e. The molecule has 0 unspecified atom stereocenters. The molecule has 110 valence electrons. The second-order valence-corrected chi connectivity index (χ2v) is 5.71. The summed E-state index contributed by atoms with van der Waals surface area (Å²) in [6.45, 7) is 3.54. The van der Waals surface area contributed by atoms with Crippen LogP contribution in [-0.2, 0) is 11.8 Å². The highest BCUT2D eigenvalue weighted by molar-refractivity contribution is 5.92. The third-order valence-electron chi connectivity index (χ3n) is 4.16. The Kier molecular flexibility index (Phi) is 4.03. The van der Waals surface area contributed by atoms with Crippen LogP contribution in [0.5, 0.6) is 0 Å². The summed E-state index contributed by atoms with van der Waals surface area (Å²) in [6, 6.07) is 0.380. The van der Waals surface area contributed by atoms with Gasteiger partial charge in [-0.1, -0.05) is 6.42 Å². The van der Waals surface area contributed by atoms with Gasteiger partial charge in [0.25, 0.3) is 5.91 Å². The van der Waals surface area contributed by atoms with Gasteiger partial charge < -0.3 is 14.6 Å². The molecule has 0 spiro atoms. The minimum atomic E-state index is -0.108. The Hall–Kier alpha value is -1.40. The molecule has 20 heavy (non-hydrogen) atoms. The molecular weight excluding hydrogens is 256 g/mol. The van der Waals surface area contributed by atoms with E-state index in [1.165, 1.54) is 19.3 Å². The summed E-state index contributed by atoms with van der Waals surface area (Å²) in [7, 11) is 1.86. The van der Waals surface area contributed by atoms with E-state index in [2.05, 4.69) is 15.2 Å². The number of ether oxygens (including phenoxy) is 1. The van der Waals surface area contributed by atoms with Crippen LogP contribution >= 0.6 is 0 Å². The monoisotopic (exact) mass is 278 g/mol. The highest BCUT2D eigenvalue weighted by atomic mass is 16.5. The molecule has 0 aliphatic carbocycles. The molecule has 0 saturated carbocycles. The van der Waals surface area contributed by atoms with E-state index in [-0.39, 0.29) is 11.9 Å². The number of imidazole rings is 1. The van der Waals surface area contributed by atoms with Crippen molar-refractivity contribution < 1.29 is 9.53 Å². The van der Waals surface area contributed by atoms with Crippen LogP contribution in [0.2, 0.25) is 0 Å². The molecule has 6 heteroatoms. The van der Waals surface area contributed by atoms with Crippen molar-refractivity contribution in [2.75, 3.05) is 26.3 Å². The lowest BCUT2D eigenvalue weighted by Crippen LogP contribution is -2.52. The van der Waals surface area contributed by atoms with E-state index in [4.69, 9.17) is 4.74 Å². The number of nitrogens with zero attached hydrogens (tertiary/aromatic N) is 3. The zero-order chi connectivity index (χ0) is 13.9. The maximum Gasteiger partial charge on any atom is 0.271 e. The number of aryl methyl sites for hydroxylation is 1. The van der Waals surface area contributed by atoms with Crippen molar-refractivity contribution in [1.82, 2.24) is 19.8 Å². The topological polar surface area (TPSA) is 59.4 Å². The first-order valence-corrected chi connectivity index (χ1v) is 7.34. The standard InChI is InChI=1S/C14H22N4O2/c1-17-7-11(15-10-17)14(19)16-12-8-20-9-13(12)18-5-3-2-4-6-18/h7,10,12-13H,2-6,8-9H2,1H3,(H,16,19)/t12-,13-/m0/s1. The highest BCUT2D eigenvalue weighted by Gasteiger charge is 2.34. The number of hydrogen-bond acceptors (Lipinski definition) is 4. The second-order valence-electron chi connectivity index (χ2n) is 5.71. The molecule has 0 aromatic carbocycles. The lowest BCUT2D eigenvalue weighted by Gasteiger charge is -2.34. The Bertz CT molecular complexity index is 467. The van der Waals surface area contributed by atoms with E-state index in [1.54, 1.807) is 17.1 Å². The van der Waals surface area contributed by atoms with Crippen LogP contribution in [0.25, 0.3) is 0 Å². The Morgan fingerprint density at radius 3 is 2.85 bits per heavy atom. The third kappa shape index (κ3) is 2.86. The molecular formula is C14H22N4O2. The molecule has 6 nitrogen and oxygen atoms in total. The number of likely N-dealkylation sites (tertiary alicyclic amines) is 1. The Labute approximate surface area is 119 Å². The summed E-state index contributed by atoms with van der Waals surface area (Å²) in [4.78, 5) is 18.7. The molecule has 1 amide bonds. The van der Waals surface area contributed by atoms with Gasteiger partial charge in [0.05, 0.1) is 31.6 Å². The minimum Gasteiger partial charge on any atom is -0.378 e. The number of carbonyl (C=O) groups excluding carboxylic acids is 1. The van der Waals surface area contributed by atoms with E-state index >= 15 is 0 Å². The van der Waals surface area contributed by atoms with Crippen molar-refractivity contribution in [2.45, 2.75) is 31.3 Å². The fourth-order valence-corrected chi connectivity index (χ4v) is 3.06. The van der Waals surface area contributed by atoms with Gasteiger partial charge in [-0.2, -0.15) is 0 Å². The summed E-state index contributed by atoms with van der Waals surface area (Å²) in [5, 5.41) is 3.07. The fraction of sp³-hybridized carbons (Fsp3) is 0.714. The fourth-order valence-electron chi connectivity index (χ4n) is 3.06. The first kappa shape index (κ1) is 13.6. The number of carbonyl (C=O) groups is 1. The summed E-state index contributed by atoms with van der Waals surface area (Å²) in [6.07, 6.45) is 7.19. The predicted molar refractivity (Wildman–Crippen MR) is 74.5 cm³/mol. The Balaban J connectivity index is 1.62. The second kappa shape index (κ2) is 5.93. The van der Waals surface area contributed by atoms with Crippen molar-refractivity contribution >= 4 is 5.91 Å². The van der Waals surface area contributed by atoms with Crippen LogP contribution in [0, 0.1) is 0 Å². The minimum absolute atomic E-state index is 0.0719. The lowest BCUT2D eigenvalue weighted by molar-refractivity contribution is 0.0895. The van der Waals surface area contributed by atoms with Crippen molar-refractivity contribution in [2.24, 2.45) is 7.05 Å². The molecule has 1 N–H and O–H groups in total. The SMILES string of the molecule is Cn1cnc(C(=O)N[C@H]2COC[C@@H]2N2CCCCC2)c1. The van der Waals surface area contributed by atoms with Crippen LogP contribution in [0.1, 0.15) is 29.8 Å². The van der Waals surface area contributed by atoms with Gasteiger partial charge in [0.1, 0.15) is 5.69 Å². The van der Waals surface area contributed by atoms with Gasteiger partial charge in [0.15, 0.2) is 0 Å². The van der Waals surface area contributed by atoms with Crippen molar-refractivity contribution in [1.29, 1.82) is 0 Å². The quantitative estimate of drug-likeness (QED) is 0.869. The number of hydrogen-bond donors (Lipinski definition) is 1. The summed E-state index contributed by atoms with van der Waals surface area (Å²) in [5.41, 5.74) is 0.469. The van der Waals surface area contributed by atoms with Crippen LogP contribution in [0.4, 0.5) is 0 Å². The van der Waals surface area contributed by atoms with Crippen LogP contribution in [0.3, 0.4) is 0 Å². The van der Waals surface area contributed by atoms with Gasteiger partial charge >= 0.3 is 0 Å². The van der Waals surface area contributed by atoms with E-state index in [9.17, 15) is 4.79 Å². The maximum absolute atomic E-state index is 12.2. The number of aromatic nitrogens is 2. The first-order valence-electron chi connectivity index (χ1n) is 7.34. The normalized spacial score (nSPS) is 27.6. The van der Waals surface area contributed by atoms with E-state index in [0.29, 0.717) is 24.9 Å². The number of rotatable bonds is 3. The summed E-state index contributed by atoms with van der Waals surface area (Å²) < 4.78 is 7.36. The average molecular weight is 278 g/mol. The van der Waals surface area contributed by atoms with Gasteiger partial charge in [0, 0.05) is 13.2 Å². The molecule has 1 aromatic rings. The lowest BCUT2D eigenvalue weighted by atomic mass is 10.0. The number of nitrogens with one attached hydrogen (secondary N) is 1. The zero-order valence-corrected chi connectivity index (χ0v) is 11.9. The zero-order valence-electron chi connectivity index (χ0n) is 11.9. The molecule has 3 heterocycles.